The summed E-state index contributed by atoms with van der Waals surface area (Å²) in [7, 11) is 4.94. The summed E-state index contributed by atoms with van der Waals surface area (Å²) < 4.78 is 12.1. The predicted octanol–water partition coefficient (Wildman–Crippen LogP) is 3.10. The zero-order valence-electron chi connectivity index (χ0n) is 14.3. The van der Waals surface area contributed by atoms with E-state index in [0.717, 1.165) is 16.1 Å². The van der Waals surface area contributed by atoms with Crippen LogP contribution in [0.5, 0.6) is 11.5 Å². The van der Waals surface area contributed by atoms with Crippen LogP contribution >= 0.6 is 11.3 Å². The SMILES string of the molecule is COc1ccc(CNC(=O)c2cc(-c3cccs3)nn2C)cc1OC. The van der Waals surface area contributed by atoms with Crippen molar-refractivity contribution in [2.45, 2.75) is 6.54 Å². The van der Waals surface area contributed by atoms with Gasteiger partial charge >= 0.3 is 0 Å². The monoisotopic (exact) mass is 357 g/mol. The van der Waals surface area contributed by atoms with Gasteiger partial charge < -0.3 is 14.8 Å². The standard InChI is InChI=1S/C18H19N3O3S/c1-21-14(10-13(20-21)17-5-4-8-25-17)18(22)19-11-12-6-7-15(23-2)16(9-12)24-3/h4-10H,11H2,1-3H3,(H,19,22). The lowest BCUT2D eigenvalue weighted by Gasteiger charge is -2.10. The first-order valence-electron chi connectivity index (χ1n) is 7.69. The van der Waals surface area contributed by atoms with Gasteiger partial charge in [-0.1, -0.05) is 12.1 Å². The van der Waals surface area contributed by atoms with Crippen molar-refractivity contribution in [2.75, 3.05) is 14.2 Å². The Hall–Kier alpha value is -2.80. The van der Waals surface area contributed by atoms with Gasteiger partial charge in [-0.25, -0.2) is 0 Å². The Labute approximate surface area is 150 Å². The maximum Gasteiger partial charge on any atom is 0.269 e. The third-order valence-corrected chi connectivity index (χ3v) is 4.68. The van der Waals surface area contributed by atoms with Gasteiger partial charge in [0.2, 0.25) is 0 Å². The number of nitrogens with zero attached hydrogens (tertiary/aromatic N) is 2. The Morgan fingerprint density at radius 2 is 2.00 bits per heavy atom. The van der Waals surface area contributed by atoms with Crippen molar-refractivity contribution in [1.29, 1.82) is 0 Å². The maximum atomic E-state index is 12.5. The summed E-state index contributed by atoms with van der Waals surface area (Å²) in [6.45, 7) is 0.388. The summed E-state index contributed by atoms with van der Waals surface area (Å²) >= 11 is 1.59. The number of ether oxygens (including phenoxy) is 2. The molecule has 2 aromatic heterocycles. The molecule has 25 heavy (non-hydrogen) atoms. The van der Waals surface area contributed by atoms with Gasteiger partial charge in [-0.15, -0.1) is 11.3 Å². The summed E-state index contributed by atoms with van der Waals surface area (Å²) in [5.41, 5.74) is 2.24. The summed E-state index contributed by atoms with van der Waals surface area (Å²) in [5, 5.41) is 9.31. The fourth-order valence-corrected chi connectivity index (χ4v) is 3.17. The molecule has 7 heteroatoms. The minimum absolute atomic E-state index is 0.174. The van der Waals surface area contributed by atoms with Crippen LogP contribution in [0.25, 0.3) is 10.6 Å². The molecular formula is C18H19N3O3S. The molecule has 0 saturated carbocycles. The zero-order chi connectivity index (χ0) is 17.8. The van der Waals surface area contributed by atoms with E-state index in [1.807, 2.05) is 35.7 Å². The Bertz CT molecular complexity index is 872. The Morgan fingerprint density at radius 1 is 1.20 bits per heavy atom. The first-order valence-corrected chi connectivity index (χ1v) is 8.57. The second kappa shape index (κ2) is 7.40. The van der Waals surface area contributed by atoms with Crippen LogP contribution in [-0.4, -0.2) is 29.9 Å². The van der Waals surface area contributed by atoms with Crippen molar-refractivity contribution in [3.63, 3.8) is 0 Å². The lowest BCUT2D eigenvalue weighted by molar-refractivity contribution is 0.0941. The average molecular weight is 357 g/mol. The highest BCUT2D eigenvalue weighted by atomic mass is 32.1. The van der Waals surface area contributed by atoms with E-state index >= 15 is 0 Å². The fourth-order valence-electron chi connectivity index (χ4n) is 2.49. The van der Waals surface area contributed by atoms with E-state index in [0.29, 0.717) is 23.7 Å². The first-order chi connectivity index (χ1) is 12.1. The van der Waals surface area contributed by atoms with Crippen LogP contribution in [-0.2, 0) is 13.6 Å². The molecule has 0 spiro atoms. The van der Waals surface area contributed by atoms with E-state index in [9.17, 15) is 4.79 Å². The summed E-state index contributed by atoms with van der Waals surface area (Å²) in [6.07, 6.45) is 0. The van der Waals surface area contributed by atoms with Crippen molar-refractivity contribution in [2.24, 2.45) is 7.05 Å². The van der Waals surface area contributed by atoms with Crippen LogP contribution in [0.4, 0.5) is 0 Å². The highest BCUT2D eigenvalue weighted by Crippen LogP contribution is 2.27. The lowest BCUT2D eigenvalue weighted by atomic mass is 10.2. The number of thiophene rings is 1. The van der Waals surface area contributed by atoms with E-state index in [1.165, 1.54) is 0 Å². The van der Waals surface area contributed by atoms with Gasteiger partial charge in [0.05, 0.1) is 19.1 Å². The van der Waals surface area contributed by atoms with Crippen LogP contribution in [0.3, 0.4) is 0 Å². The van der Waals surface area contributed by atoms with E-state index < -0.39 is 0 Å². The number of aromatic nitrogens is 2. The molecule has 0 atom stereocenters. The molecule has 0 aliphatic heterocycles. The molecule has 0 saturated heterocycles. The number of rotatable bonds is 6. The molecule has 0 radical (unpaired) electrons. The molecule has 0 unspecified atom stereocenters. The normalized spacial score (nSPS) is 10.5. The molecule has 2 heterocycles. The molecule has 0 fully saturated rings. The molecule has 3 aromatic rings. The van der Waals surface area contributed by atoms with Gasteiger partial charge in [-0.3, -0.25) is 9.48 Å². The third kappa shape index (κ3) is 3.66. The van der Waals surface area contributed by atoms with Gasteiger partial charge in [0.15, 0.2) is 11.5 Å². The van der Waals surface area contributed by atoms with Gasteiger partial charge in [0.1, 0.15) is 11.4 Å². The Kier molecular flexibility index (Phi) is 5.04. The smallest absolute Gasteiger partial charge is 0.269 e. The van der Waals surface area contributed by atoms with Crippen molar-refractivity contribution in [3.8, 4) is 22.1 Å². The molecule has 0 aliphatic rings. The lowest BCUT2D eigenvalue weighted by Crippen LogP contribution is -2.25. The summed E-state index contributed by atoms with van der Waals surface area (Å²) in [6, 6.07) is 11.3. The average Bonchev–Trinajstić information content (AvgIpc) is 3.28. The zero-order valence-corrected chi connectivity index (χ0v) is 15.1. The second-order valence-corrected chi connectivity index (χ2v) is 6.34. The number of hydrogen-bond donors (Lipinski definition) is 1. The largest absolute Gasteiger partial charge is 0.493 e. The van der Waals surface area contributed by atoms with Crippen molar-refractivity contribution in [3.05, 3.63) is 53.0 Å². The second-order valence-electron chi connectivity index (χ2n) is 5.39. The quantitative estimate of drug-likeness (QED) is 0.736. The molecule has 130 valence electrons. The molecule has 3 rings (SSSR count). The van der Waals surface area contributed by atoms with E-state index in [4.69, 9.17) is 9.47 Å². The Morgan fingerprint density at radius 3 is 2.68 bits per heavy atom. The van der Waals surface area contributed by atoms with Gasteiger partial charge in [0.25, 0.3) is 5.91 Å². The van der Waals surface area contributed by atoms with Crippen molar-refractivity contribution < 1.29 is 14.3 Å². The minimum Gasteiger partial charge on any atom is -0.493 e. The van der Waals surface area contributed by atoms with Gasteiger partial charge in [0, 0.05) is 13.6 Å². The first kappa shape index (κ1) is 17.0. The van der Waals surface area contributed by atoms with E-state index in [2.05, 4.69) is 10.4 Å². The number of amides is 1. The van der Waals surface area contributed by atoms with Crippen LogP contribution in [0.2, 0.25) is 0 Å². The van der Waals surface area contributed by atoms with Crippen LogP contribution < -0.4 is 14.8 Å². The van der Waals surface area contributed by atoms with Crippen LogP contribution in [0.15, 0.2) is 41.8 Å². The molecule has 0 bridgehead atoms. The van der Waals surface area contributed by atoms with Crippen LogP contribution in [0.1, 0.15) is 16.1 Å². The Balaban J connectivity index is 1.71. The van der Waals surface area contributed by atoms with Crippen molar-refractivity contribution in [1.82, 2.24) is 15.1 Å². The summed E-state index contributed by atoms with van der Waals surface area (Å²) in [4.78, 5) is 13.5. The number of benzene rings is 1. The minimum atomic E-state index is -0.174. The molecule has 1 amide bonds. The molecular weight excluding hydrogens is 338 g/mol. The van der Waals surface area contributed by atoms with E-state index in [1.54, 1.807) is 43.4 Å². The maximum absolute atomic E-state index is 12.5. The fraction of sp³-hybridized carbons (Fsp3) is 0.222. The topological polar surface area (TPSA) is 65.4 Å². The van der Waals surface area contributed by atoms with Crippen molar-refractivity contribution >= 4 is 17.2 Å². The van der Waals surface area contributed by atoms with Gasteiger partial charge in [-0.2, -0.15) is 5.10 Å². The summed E-state index contributed by atoms with van der Waals surface area (Å²) in [5.74, 6) is 1.12. The number of carbonyl (C=O) groups is 1. The molecule has 1 aromatic carbocycles. The number of methoxy groups -OCH3 is 2. The number of carbonyl (C=O) groups excluding carboxylic acids is 1. The van der Waals surface area contributed by atoms with Crippen LogP contribution in [0, 0.1) is 0 Å². The number of aryl methyl sites for hydroxylation is 1. The number of hydrogen-bond acceptors (Lipinski definition) is 5. The third-order valence-electron chi connectivity index (χ3n) is 3.79. The van der Waals surface area contributed by atoms with E-state index in [-0.39, 0.29) is 5.91 Å². The highest BCUT2D eigenvalue weighted by Gasteiger charge is 2.15. The van der Waals surface area contributed by atoms with Gasteiger partial charge in [-0.05, 0) is 35.2 Å². The molecule has 6 nitrogen and oxygen atoms in total. The number of nitrogens with one attached hydrogen (secondary N) is 1. The molecule has 1 N–H and O–H groups in total. The highest BCUT2D eigenvalue weighted by molar-refractivity contribution is 7.13. The predicted molar refractivity (Wildman–Crippen MR) is 97.2 cm³/mol. The molecule has 0 aliphatic carbocycles.